The van der Waals surface area contributed by atoms with Crippen molar-refractivity contribution in [3.05, 3.63) is 47.9 Å². The van der Waals surface area contributed by atoms with Crippen LogP contribution in [-0.2, 0) is 11.3 Å². The van der Waals surface area contributed by atoms with Crippen molar-refractivity contribution in [1.29, 1.82) is 0 Å². The molecule has 1 aromatic heterocycles. The van der Waals surface area contributed by atoms with Crippen LogP contribution in [0.5, 0.6) is 5.75 Å². The molecule has 0 bridgehead atoms. The first-order chi connectivity index (χ1) is 12.6. The third kappa shape index (κ3) is 5.05. The number of ether oxygens (including phenoxy) is 2. The van der Waals surface area contributed by atoms with E-state index in [2.05, 4.69) is 4.98 Å². The lowest BCUT2D eigenvalue weighted by atomic mass is 9.96. The van der Waals surface area contributed by atoms with Crippen molar-refractivity contribution in [2.45, 2.75) is 25.9 Å². The molecule has 6 nitrogen and oxygen atoms in total. The molecule has 0 unspecified atom stereocenters. The van der Waals surface area contributed by atoms with Crippen molar-refractivity contribution in [2.75, 3.05) is 26.8 Å². The summed E-state index contributed by atoms with van der Waals surface area (Å²) in [6.45, 7) is 2.31. The molecule has 1 aliphatic heterocycles. The maximum atomic E-state index is 13.1. The van der Waals surface area contributed by atoms with Crippen LogP contribution in [0.25, 0.3) is 0 Å². The van der Waals surface area contributed by atoms with Gasteiger partial charge in [0.25, 0.3) is 5.91 Å². The van der Waals surface area contributed by atoms with Gasteiger partial charge in [0.1, 0.15) is 17.8 Å². The fraction of sp³-hybridized carbons (Fsp3) is 0.474. The molecule has 1 aromatic carbocycles. The van der Waals surface area contributed by atoms with Crippen LogP contribution in [0.2, 0.25) is 0 Å². The smallest absolute Gasteiger partial charge is 0.275 e. The second kappa shape index (κ2) is 8.80. The molecule has 0 spiro atoms. The lowest BCUT2D eigenvalue weighted by Crippen LogP contribution is -2.30. The average Bonchev–Trinajstić information content (AvgIpc) is 3.14. The van der Waals surface area contributed by atoms with Crippen molar-refractivity contribution in [1.82, 2.24) is 9.88 Å². The molecular weight excluding hydrogens is 339 g/mol. The van der Waals surface area contributed by atoms with Gasteiger partial charge < -0.3 is 18.8 Å². The Morgan fingerprint density at radius 3 is 2.96 bits per heavy atom. The summed E-state index contributed by atoms with van der Waals surface area (Å²) in [7, 11) is 1.76. The van der Waals surface area contributed by atoms with Gasteiger partial charge in [0.05, 0.1) is 0 Å². The van der Waals surface area contributed by atoms with Crippen LogP contribution in [0.15, 0.2) is 34.9 Å². The van der Waals surface area contributed by atoms with Crippen LogP contribution in [0.4, 0.5) is 4.39 Å². The molecule has 1 amide bonds. The van der Waals surface area contributed by atoms with Crippen LogP contribution in [0.1, 0.15) is 35.6 Å². The number of hydrogen-bond acceptors (Lipinski definition) is 5. The number of carbonyl (C=O) groups is 1. The molecule has 0 atom stereocenters. The van der Waals surface area contributed by atoms with Crippen molar-refractivity contribution in [3.8, 4) is 5.75 Å². The van der Waals surface area contributed by atoms with Crippen LogP contribution < -0.4 is 4.74 Å². The van der Waals surface area contributed by atoms with E-state index in [-0.39, 0.29) is 29.9 Å². The van der Waals surface area contributed by atoms with E-state index in [0.717, 1.165) is 32.5 Å². The van der Waals surface area contributed by atoms with Gasteiger partial charge in [0, 0.05) is 32.9 Å². The van der Waals surface area contributed by atoms with Crippen molar-refractivity contribution in [2.24, 2.45) is 5.92 Å². The molecule has 1 fully saturated rings. The molecule has 0 aliphatic carbocycles. The zero-order chi connectivity index (χ0) is 18.4. The van der Waals surface area contributed by atoms with Gasteiger partial charge in [-0.1, -0.05) is 6.07 Å². The molecule has 2 heterocycles. The fourth-order valence-corrected chi connectivity index (χ4v) is 2.89. The average molecular weight is 362 g/mol. The Morgan fingerprint density at radius 2 is 2.19 bits per heavy atom. The molecular formula is C19H23FN2O4. The lowest BCUT2D eigenvalue weighted by Gasteiger charge is -2.24. The number of aromatic nitrogens is 1. The van der Waals surface area contributed by atoms with Gasteiger partial charge in [-0.25, -0.2) is 9.37 Å². The number of halogens is 1. The van der Waals surface area contributed by atoms with E-state index in [1.807, 2.05) is 0 Å². The minimum atomic E-state index is -0.378. The van der Waals surface area contributed by atoms with Crippen LogP contribution >= 0.6 is 0 Å². The summed E-state index contributed by atoms with van der Waals surface area (Å²) in [5.74, 6) is 0.696. The van der Waals surface area contributed by atoms with E-state index in [0.29, 0.717) is 18.2 Å². The standard InChI is InChI=1S/C19H23FN2O4/c1-22(8-5-14-6-9-24-10-7-14)19(23)17-12-26-18(21-17)13-25-16-4-2-3-15(20)11-16/h2-4,11-12,14H,5-10,13H2,1H3. The van der Waals surface area contributed by atoms with Crippen LogP contribution in [0, 0.1) is 11.7 Å². The molecule has 0 radical (unpaired) electrons. The summed E-state index contributed by atoms with van der Waals surface area (Å²) in [4.78, 5) is 18.3. The molecule has 3 rings (SSSR count). The molecule has 0 saturated carbocycles. The third-order valence-electron chi connectivity index (χ3n) is 4.49. The van der Waals surface area contributed by atoms with Gasteiger partial charge in [-0.2, -0.15) is 0 Å². The normalized spacial score (nSPS) is 15.0. The second-order valence-electron chi connectivity index (χ2n) is 6.44. The Balaban J connectivity index is 1.48. The van der Waals surface area contributed by atoms with E-state index >= 15 is 0 Å². The number of hydrogen-bond donors (Lipinski definition) is 0. The first-order valence-electron chi connectivity index (χ1n) is 8.78. The first-order valence-corrected chi connectivity index (χ1v) is 8.78. The summed E-state index contributed by atoms with van der Waals surface area (Å²) in [5.41, 5.74) is 0.248. The highest BCUT2D eigenvalue weighted by molar-refractivity contribution is 5.91. The van der Waals surface area contributed by atoms with Crippen LogP contribution in [0.3, 0.4) is 0 Å². The predicted molar refractivity (Wildman–Crippen MR) is 92.4 cm³/mol. The SMILES string of the molecule is CN(CCC1CCOCC1)C(=O)c1coc(COc2cccc(F)c2)n1. The van der Waals surface area contributed by atoms with Gasteiger partial charge in [-0.3, -0.25) is 4.79 Å². The summed E-state index contributed by atoms with van der Waals surface area (Å²) < 4.78 is 29.2. The molecule has 2 aromatic rings. The van der Waals surface area contributed by atoms with Crippen LogP contribution in [-0.4, -0.2) is 42.6 Å². The summed E-state index contributed by atoms with van der Waals surface area (Å²) in [5, 5.41) is 0. The number of benzene rings is 1. The largest absolute Gasteiger partial charge is 0.484 e. The maximum Gasteiger partial charge on any atom is 0.275 e. The van der Waals surface area contributed by atoms with Crippen molar-refractivity contribution in [3.63, 3.8) is 0 Å². The van der Waals surface area contributed by atoms with Gasteiger partial charge in [0.2, 0.25) is 5.89 Å². The number of nitrogens with zero attached hydrogens (tertiary/aromatic N) is 2. The highest BCUT2D eigenvalue weighted by atomic mass is 19.1. The van der Waals surface area contributed by atoms with E-state index in [1.54, 1.807) is 24.1 Å². The van der Waals surface area contributed by atoms with Crippen molar-refractivity contribution < 1.29 is 23.1 Å². The Hall–Kier alpha value is -2.41. The minimum Gasteiger partial charge on any atom is -0.484 e. The monoisotopic (exact) mass is 362 g/mol. The maximum absolute atomic E-state index is 13.1. The van der Waals surface area contributed by atoms with Gasteiger partial charge in [0.15, 0.2) is 12.3 Å². The molecule has 0 N–H and O–H groups in total. The number of amides is 1. The first kappa shape index (κ1) is 18.4. The predicted octanol–water partition coefficient (Wildman–Crippen LogP) is 3.28. The van der Waals surface area contributed by atoms with E-state index in [9.17, 15) is 9.18 Å². The van der Waals surface area contributed by atoms with Gasteiger partial charge in [-0.05, 0) is 37.3 Å². The highest BCUT2D eigenvalue weighted by Crippen LogP contribution is 2.19. The topological polar surface area (TPSA) is 64.8 Å². The molecule has 7 heteroatoms. The Bertz CT molecular complexity index is 728. The highest BCUT2D eigenvalue weighted by Gasteiger charge is 2.19. The number of carbonyl (C=O) groups excluding carboxylic acids is 1. The van der Waals surface area contributed by atoms with E-state index in [1.165, 1.54) is 18.4 Å². The van der Waals surface area contributed by atoms with Crippen molar-refractivity contribution >= 4 is 5.91 Å². The fourth-order valence-electron chi connectivity index (χ4n) is 2.89. The Kier molecular flexibility index (Phi) is 6.22. The van der Waals surface area contributed by atoms with E-state index < -0.39 is 0 Å². The molecule has 26 heavy (non-hydrogen) atoms. The van der Waals surface area contributed by atoms with Gasteiger partial charge in [-0.15, -0.1) is 0 Å². The molecule has 140 valence electrons. The molecule has 1 saturated heterocycles. The zero-order valence-corrected chi connectivity index (χ0v) is 14.8. The summed E-state index contributed by atoms with van der Waals surface area (Å²) in [6.07, 6.45) is 4.39. The van der Waals surface area contributed by atoms with Gasteiger partial charge >= 0.3 is 0 Å². The third-order valence-corrected chi connectivity index (χ3v) is 4.49. The Morgan fingerprint density at radius 1 is 1.38 bits per heavy atom. The molecule has 1 aliphatic rings. The second-order valence-corrected chi connectivity index (χ2v) is 6.44. The quantitative estimate of drug-likeness (QED) is 0.756. The van der Waals surface area contributed by atoms with E-state index in [4.69, 9.17) is 13.9 Å². The zero-order valence-electron chi connectivity index (χ0n) is 14.8. The lowest BCUT2D eigenvalue weighted by molar-refractivity contribution is 0.0582. The minimum absolute atomic E-state index is 0.0303. The number of oxazole rings is 1. The summed E-state index contributed by atoms with van der Waals surface area (Å²) in [6, 6.07) is 5.81. The number of rotatable bonds is 7. The summed E-state index contributed by atoms with van der Waals surface area (Å²) >= 11 is 0. The Labute approximate surface area is 151 Å².